The molecule has 3 aromatic rings. The van der Waals surface area contributed by atoms with Gasteiger partial charge in [-0.05, 0) is 42.0 Å². The Labute approximate surface area is 190 Å². The molecule has 7 nitrogen and oxygen atoms in total. The van der Waals surface area contributed by atoms with Gasteiger partial charge in [-0.1, -0.05) is 24.3 Å². The van der Waals surface area contributed by atoms with Crippen LogP contribution in [0.3, 0.4) is 0 Å². The van der Waals surface area contributed by atoms with Crippen molar-refractivity contribution >= 4 is 34.6 Å². The van der Waals surface area contributed by atoms with E-state index in [1.54, 1.807) is 48.5 Å². The minimum Gasteiger partial charge on any atom is -0.493 e. The fourth-order valence-electron chi connectivity index (χ4n) is 3.59. The highest BCUT2D eigenvalue weighted by atomic mass is 19.1. The number of nitrogens with zero attached hydrogens (tertiary/aromatic N) is 2. The molecule has 0 aromatic heterocycles. The van der Waals surface area contributed by atoms with Gasteiger partial charge in [0.1, 0.15) is 12.4 Å². The molecule has 0 spiro atoms. The van der Waals surface area contributed by atoms with Crippen LogP contribution in [-0.4, -0.2) is 38.3 Å². The highest BCUT2D eigenvalue weighted by molar-refractivity contribution is 6.19. The molecule has 168 valence electrons. The number of carbonyl (C=O) groups is 2. The highest BCUT2D eigenvalue weighted by Gasteiger charge is 2.26. The minimum atomic E-state index is -0.379. The number of fused-ring (bicyclic) bond motifs is 1. The third-order valence-electron chi connectivity index (χ3n) is 5.19. The van der Waals surface area contributed by atoms with E-state index in [9.17, 15) is 14.0 Å². The van der Waals surface area contributed by atoms with Crippen LogP contribution in [0.25, 0.3) is 0 Å². The second kappa shape index (κ2) is 9.52. The largest absolute Gasteiger partial charge is 0.493 e. The molecule has 0 bridgehead atoms. The number of carbonyl (C=O) groups excluding carboxylic acids is 2. The van der Waals surface area contributed by atoms with Crippen LogP contribution < -0.4 is 19.7 Å². The van der Waals surface area contributed by atoms with Gasteiger partial charge in [-0.2, -0.15) is 0 Å². The lowest BCUT2D eigenvalue weighted by molar-refractivity contribution is -0.120. The van der Waals surface area contributed by atoms with E-state index in [4.69, 9.17) is 9.47 Å². The summed E-state index contributed by atoms with van der Waals surface area (Å²) >= 11 is 0. The quantitative estimate of drug-likeness (QED) is 0.610. The number of halogens is 1. The van der Waals surface area contributed by atoms with Crippen LogP contribution in [0.15, 0.2) is 71.7 Å². The summed E-state index contributed by atoms with van der Waals surface area (Å²) in [5.41, 5.74) is 2.76. The Balaban J connectivity index is 1.57. The first-order chi connectivity index (χ1) is 16.0. The molecule has 0 fully saturated rings. The number of aliphatic imine (C=N–C) groups is 1. The minimum absolute atomic E-state index is 0.0239. The van der Waals surface area contributed by atoms with Crippen molar-refractivity contribution in [1.82, 2.24) is 0 Å². The first-order valence-electron chi connectivity index (χ1n) is 10.2. The summed E-state index contributed by atoms with van der Waals surface area (Å²) in [5, 5.41) is 2.79. The van der Waals surface area contributed by atoms with Crippen LogP contribution in [0.4, 0.5) is 21.5 Å². The molecule has 0 radical (unpaired) electrons. The molecular formula is C25H22FN3O4. The standard InChI is InChI=1S/C25H22FN3O4/c1-32-22-12-11-18(13-23(22)33-2)27-24(30)15-29-21-6-4-3-5-19(21)28-20(14-25(29)31)16-7-9-17(26)10-8-16/h3-13H,14-15H2,1-2H3,(H,27,30). The number of hydrogen-bond donors (Lipinski definition) is 1. The Bertz CT molecular complexity index is 1220. The fraction of sp³-hybridized carbons (Fsp3) is 0.160. The van der Waals surface area contributed by atoms with E-state index in [1.807, 2.05) is 6.07 Å². The van der Waals surface area contributed by atoms with Crippen molar-refractivity contribution in [3.8, 4) is 11.5 Å². The molecular weight excluding hydrogens is 425 g/mol. The molecule has 1 aliphatic rings. The molecule has 1 heterocycles. The Morgan fingerprint density at radius 1 is 1.03 bits per heavy atom. The van der Waals surface area contributed by atoms with Gasteiger partial charge in [0.05, 0.1) is 37.7 Å². The molecule has 0 atom stereocenters. The Kier molecular flexibility index (Phi) is 6.35. The van der Waals surface area contributed by atoms with E-state index < -0.39 is 0 Å². The topological polar surface area (TPSA) is 80.2 Å². The van der Waals surface area contributed by atoms with Crippen molar-refractivity contribution in [2.24, 2.45) is 4.99 Å². The molecule has 1 N–H and O–H groups in total. The summed E-state index contributed by atoms with van der Waals surface area (Å²) in [6.07, 6.45) is -0.0239. The molecule has 0 unspecified atom stereocenters. The van der Waals surface area contributed by atoms with Crippen LogP contribution in [0, 0.1) is 5.82 Å². The lowest BCUT2D eigenvalue weighted by Crippen LogP contribution is -2.38. The zero-order valence-corrected chi connectivity index (χ0v) is 18.2. The first kappa shape index (κ1) is 22.0. The third-order valence-corrected chi connectivity index (χ3v) is 5.19. The smallest absolute Gasteiger partial charge is 0.244 e. The van der Waals surface area contributed by atoms with Crippen LogP contribution in [0.2, 0.25) is 0 Å². The van der Waals surface area contributed by atoms with Gasteiger partial charge in [0.25, 0.3) is 0 Å². The summed E-state index contributed by atoms with van der Waals surface area (Å²) in [7, 11) is 3.04. The van der Waals surface area contributed by atoms with Gasteiger partial charge in [0.15, 0.2) is 11.5 Å². The highest BCUT2D eigenvalue weighted by Crippen LogP contribution is 2.33. The maximum atomic E-state index is 13.3. The summed E-state index contributed by atoms with van der Waals surface area (Å²) in [4.78, 5) is 32.0. The van der Waals surface area contributed by atoms with Crippen molar-refractivity contribution in [1.29, 1.82) is 0 Å². The number of nitrogens with one attached hydrogen (secondary N) is 1. The van der Waals surface area contributed by atoms with Gasteiger partial charge in [-0.3, -0.25) is 14.6 Å². The number of para-hydroxylation sites is 2. The summed E-state index contributed by atoms with van der Waals surface area (Å²) in [6.45, 7) is -0.198. The van der Waals surface area contributed by atoms with E-state index in [1.165, 1.54) is 31.3 Å². The monoisotopic (exact) mass is 447 g/mol. The second-order valence-electron chi connectivity index (χ2n) is 7.33. The lowest BCUT2D eigenvalue weighted by Gasteiger charge is -2.22. The maximum Gasteiger partial charge on any atom is 0.244 e. The van der Waals surface area contributed by atoms with Gasteiger partial charge in [-0.25, -0.2) is 4.39 Å². The third kappa shape index (κ3) is 4.85. The van der Waals surface area contributed by atoms with Crippen molar-refractivity contribution < 1.29 is 23.5 Å². The van der Waals surface area contributed by atoms with Gasteiger partial charge >= 0.3 is 0 Å². The average Bonchev–Trinajstić information content (AvgIpc) is 2.96. The number of rotatable bonds is 6. The van der Waals surface area contributed by atoms with E-state index in [-0.39, 0.29) is 30.6 Å². The van der Waals surface area contributed by atoms with E-state index >= 15 is 0 Å². The predicted octanol–water partition coefficient (Wildman–Crippen LogP) is 4.34. The maximum absolute atomic E-state index is 13.3. The van der Waals surface area contributed by atoms with E-state index in [2.05, 4.69) is 10.3 Å². The molecule has 0 aliphatic carbocycles. The summed E-state index contributed by atoms with van der Waals surface area (Å²) in [6, 6.07) is 18.0. The van der Waals surface area contributed by atoms with E-state index in [0.29, 0.717) is 39.8 Å². The normalized spacial score (nSPS) is 13.0. The lowest BCUT2D eigenvalue weighted by atomic mass is 10.1. The van der Waals surface area contributed by atoms with Crippen molar-refractivity contribution in [3.05, 3.63) is 78.1 Å². The molecule has 1 aliphatic heterocycles. The number of hydrogen-bond acceptors (Lipinski definition) is 5. The molecule has 33 heavy (non-hydrogen) atoms. The number of amides is 2. The number of ether oxygens (including phenoxy) is 2. The number of benzene rings is 3. The molecule has 0 saturated heterocycles. The predicted molar refractivity (Wildman–Crippen MR) is 124 cm³/mol. The number of methoxy groups -OCH3 is 2. The fourth-order valence-corrected chi connectivity index (χ4v) is 3.59. The zero-order chi connectivity index (χ0) is 23.4. The Morgan fingerprint density at radius 3 is 2.48 bits per heavy atom. The first-order valence-corrected chi connectivity index (χ1v) is 10.2. The van der Waals surface area contributed by atoms with Crippen LogP contribution in [0.5, 0.6) is 11.5 Å². The number of anilines is 2. The van der Waals surface area contributed by atoms with Crippen molar-refractivity contribution in [2.75, 3.05) is 31.0 Å². The van der Waals surface area contributed by atoms with Crippen molar-refractivity contribution in [3.63, 3.8) is 0 Å². The molecule has 4 rings (SSSR count). The van der Waals surface area contributed by atoms with Gasteiger partial charge in [0.2, 0.25) is 11.8 Å². The van der Waals surface area contributed by atoms with Crippen LogP contribution in [-0.2, 0) is 9.59 Å². The van der Waals surface area contributed by atoms with Crippen molar-refractivity contribution in [2.45, 2.75) is 6.42 Å². The Hall–Kier alpha value is -4.20. The van der Waals surface area contributed by atoms with Crippen LogP contribution >= 0.6 is 0 Å². The van der Waals surface area contributed by atoms with E-state index in [0.717, 1.165) is 0 Å². The summed E-state index contributed by atoms with van der Waals surface area (Å²) in [5.74, 6) is -0.0179. The Morgan fingerprint density at radius 2 is 1.76 bits per heavy atom. The molecule has 8 heteroatoms. The van der Waals surface area contributed by atoms with Gasteiger partial charge < -0.3 is 19.7 Å². The average molecular weight is 447 g/mol. The molecule has 3 aromatic carbocycles. The van der Waals surface area contributed by atoms with Gasteiger partial charge in [-0.15, -0.1) is 0 Å². The second-order valence-corrected chi connectivity index (χ2v) is 7.33. The SMILES string of the molecule is COc1ccc(NC(=O)CN2C(=O)CC(c3ccc(F)cc3)=Nc3ccccc32)cc1OC. The van der Waals surface area contributed by atoms with Crippen LogP contribution in [0.1, 0.15) is 12.0 Å². The zero-order valence-electron chi connectivity index (χ0n) is 18.2. The molecule has 2 amide bonds. The molecule has 0 saturated carbocycles. The summed E-state index contributed by atoms with van der Waals surface area (Å²) < 4.78 is 23.8. The van der Waals surface area contributed by atoms with Gasteiger partial charge in [0, 0.05) is 11.8 Å².